The van der Waals surface area contributed by atoms with Crippen LogP contribution in [-0.2, 0) is 4.79 Å². The molecule has 1 saturated carbocycles. The first-order valence-electron chi connectivity index (χ1n) is 4.21. The molecule has 1 aliphatic rings. The molecule has 0 atom stereocenters. The van der Waals surface area contributed by atoms with Gasteiger partial charge in [-0.3, -0.25) is 4.79 Å². The number of carbonyl (C=O) groups excluding carboxylic acids is 1. The molecule has 12 heavy (non-hydrogen) atoms. The minimum atomic E-state index is -0.595. The second-order valence-electron chi connectivity index (χ2n) is 3.29. The zero-order valence-electron chi connectivity index (χ0n) is 6.98. The molecule has 0 aromatic carbocycles. The molecule has 0 aromatic rings. The summed E-state index contributed by atoms with van der Waals surface area (Å²) in [6.07, 6.45) is 3.20. The van der Waals surface area contributed by atoms with Gasteiger partial charge >= 0.3 is 0 Å². The number of alkyl halides is 1. The van der Waals surface area contributed by atoms with Crippen molar-refractivity contribution in [3.8, 4) is 0 Å². The molecule has 0 bridgehead atoms. The SMILES string of the molecule is O=C(CCBr)NCC1(O)CCC1. The number of halogens is 1. The number of rotatable bonds is 4. The van der Waals surface area contributed by atoms with Crippen molar-refractivity contribution in [3.05, 3.63) is 0 Å². The van der Waals surface area contributed by atoms with Crippen LogP contribution in [-0.4, -0.2) is 28.5 Å². The fraction of sp³-hybridized carbons (Fsp3) is 0.875. The maximum atomic E-state index is 11.0. The summed E-state index contributed by atoms with van der Waals surface area (Å²) in [7, 11) is 0. The molecule has 1 fully saturated rings. The predicted octanol–water partition coefficient (Wildman–Crippen LogP) is 0.803. The van der Waals surface area contributed by atoms with Crippen LogP contribution in [0, 0.1) is 0 Å². The zero-order valence-corrected chi connectivity index (χ0v) is 8.56. The first-order valence-corrected chi connectivity index (χ1v) is 5.33. The minimum Gasteiger partial charge on any atom is -0.388 e. The Kier molecular flexibility index (Phi) is 3.53. The van der Waals surface area contributed by atoms with Gasteiger partial charge in [-0.2, -0.15) is 0 Å². The number of carbonyl (C=O) groups is 1. The normalized spacial score (nSPS) is 19.8. The summed E-state index contributed by atoms with van der Waals surface area (Å²) in [4.78, 5) is 11.0. The van der Waals surface area contributed by atoms with E-state index >= 15 is 0 Å². The smallest absolute Gasteiger partial charge is 0.220 e. The van der Waals surface area contributed by atoms with Crippen molar-refractivity contribution < 1.29 is 9.90 Å². The van der Waals surface area contributed by atoms with E-state index in [9.17, 15) is 9.90 Å². The summed E-state index contributed by atoms with van der Waals surface area (Å²) in [6.45, 7) is 0.416. The molecule has 4 heteroatoms. The van der Waals surface area contributed by atoms with Gasteiger partial charge in [0.15, 0.2) is 0 Å². The van der Waals surface area contributed by atoms with Gasteiger partial charge in [0.25, 0.3) is 0 Å². The van der Waals surface area contributed by atoms with E-state index in [4.69, 9.17) is 0 Å². The van der Waals surface area contributed by atoms with Crippen LogP contribution < -0.4 is 5.32 Å². The second-order valence-corrected chi connectivity index (χ2v) is 4.09. The molecule has 1 rings (SSSR count). The Hall–Kier alpha value is -0.0900. The minimum absolute atomic E-state index is 0.00667. The van der Waals surface area contributed by atoms with E-state index in [1.165, 1.54) is 0 Å². The van der Waals surface area contributed by atoms with Crippen LogP contribution in [0.3, 0.4) is 0 Å². The van der Waals surface area contributed by atoms with Gasteiger partial charge < -0.3 is 10.4 Å². The average Bonchev–Trinajstić information content (AvgIpc) is 1.98. The predicted molar refractivity (Wildman–Crippen MR) is 50.2 cm³/mol. The van der Waals surface area contributed by atoms with Crippen LogP contribution in [0.15, 0.2) is 0 Å². The Morgan fingerprint density at radius 2 is 2.25 bits per heavy atom. The van der Waals surface area contributed by atoms with Gasteiger partial charge in [-0.15, -0.1) is 0 Å². The van der Waals surface area contributed by atoms with Crippen LogP contribution in [0.4, 0.5) is 0 Å². The van der Waals surface area contributed by atoms with E-state index in [0.717, 1.165) is 19.3 Å². The monoisotopic (exact) mass is 235 g/mol. The molecule has 1 amide bonds. The summed E-state index contributed by atoms with van der Waals surface area (Å²) in [6, 6.07) is 0. The first-order chi connectivity index (χ1) is 5.66. The molecule has 3 nitrogen and oxygen atoms in total. The number of amides is 1. The van der Waals surface area contributed by atoms with Crippen LogP contribution in [0.1, 0.15) is 25.7 Å². The lowest BCUT2D eigenvalue weighted by Gasteiger charge is -2.36. The van der Waals surface area contributed by atoms with E-state index in [0.29, 0.717) is 18.3 Å². The largest absolute Gasteiger partial charge is 0.388 e. The first kappa shape index (κ1) is 9.99. The number of hydrogen-bond acceptors (Lipinski definition) is 2. The molecule has 0 radical (unpaired) electrons. The number of hydrogen-bond donors (Lipinski definition) is 2. The second kappa shape index (κ2) is 4.23. The van der Waals surface area contributed by atoms with Crippen LogP contribution in [0.2, 0.25) is 0 Å². The van der Waals surface area contributed by atoms with Crippen molar-refractivity contribution in [3.63, 3.8) is 0 Å². The van der Waals surface area contributed by atoms with E-state index in [1.807, 2.05) is 0 Å². The highest BCUT2D eigenvalue weighted by Crippen LogP contribution is 2.30. The molecule has 2 N–H and O–H groups in total. The molecule has 0 unspecified atom stereocenters. The number of aliphatic hydroxyl groups is 1. The Morgan fingerprint density at radius 3 is 2.67 bits per heavy atom. The van der Waals surface area contributed by atoms with Crippen LogP contribution in [0.5, 0.6) is 0 Å². The average molecular weight is 236 g/mol. The Bertz CT molecular complexity index is 168. The van der Waals surface area contributed by atoms with Crippen molar-refractivity contribution in [1.29, 1.82) is 0 Å². The van der Waals surface area contributed by atoms with Gasteiger partial charge in [0.05, 0.1) is 5.60 Å². The van der Waals surface area contributed by atoms with E-state index in [-0.39, 0.29) is 5.91 Å². The lowest BCUT2D eigenvalue weighted by Crippen LogP contribution is -2.47. The molecule has 0 saturated heterocycles. The third-order valence-electron chi connectivity index (χ3n) is 2.22. The Morgan fingerprint density at radius 1 is 1.58 bits per heavy atom. The van der Waals surface area contributed by atoms with Crippen molar-refractivity contribution in [2.75, 3.05) is 11.9 Å². The summed E-state index contributed by atoms with van der Waals surface area (Å²) in [5.74, 6) is 0.00667. The Balaban J connectivity index is 2.12. The van der Waals surface area contributed by atoms with Gasteiger partial charge in [0.1, 0.15) is 0 Å². The molecular formula is C8H14BrNO2. The lowest BCUT2D eigenvalue weighted by atomic mass is 9.80. The molecule has 0 heterocycles. The van der Waals surface area contributed by atoms with Crippen molar-refractivity contribution >= 4 is 21.8 Å². The summed E-state index contributed by atoms with van der Waals surface area (Å²) >= 11 is 3.18. The summed E-state index contributed by atoms with van der Waals surface area (Å²) in [5, 5.41) is 13.0. The van der Waals surface area contributed by atoms with Gasteiger partial charge in [0, 0.05) is 18.3 Å². The number of nitrogens with one attached hydrogen (secondary N) is 1. The molecule has 0 spiro atoms. The zero-order chi connectivity index (χ0) is 9.03. The van der Waals surface area contributed by atoms with Gasteiger partial charge in [0.2, 0.25) is 5.91 Å². The summed E-state index contributed by atoms with van der Waals surface area (Å²) in [5.41, 5.74) is -0.595. The summed E-state index contributed by atoms with van der Waals surface area (Å²) < 4.78 is 0. The quantitative estimate of drug-likeness (QED) is 0.709. The highest BCUT2D eigenvalue weighted by Gasteiger charge is 2.34. The van der Waals surface area contributed by atoms with Crippen molar-refractivity contribution in [1.82, 2.24) is 5.32 Å². The highest BCUT2D eigenvalue weighted by atomic mass is 79.9. The molecule has 1 aliphatic carbocycles. The third-order valence-corrected chi connectivity index (χ3v) is 2.62. The van der Waals surface area contributed by atoms with Crippen molar-refractivity contribution in [2.45, 2.75) is 31.3 Å². The maximum Gasteiger partial charge on any atom is 0.220 e. The van der Waals surface area contributed by atoms with Gasteiger partial charge in [-0.25, -0.2) is 0 Å². The fourth-order valence-electron chi connectivity index (χ4n) is 1.20. The van der Waals surface area contributed by atoms with Gasteiger partial charge in [-0.1, -0.05) is 15.9 Å². The van der Waals surface area contributed by atoms with Crippen molar-refractivity contribution in [2.24, 2.45) is 0 Å². The van der Waals surface area contributed by atoms with E-state index in [2.05, 4.69) is 21.2 Å². The molecule has 0 aliphatic heterocycles. The van der Waals surface area contributed by atoms with Crippen LogP contribution in [0.25, 0.3) is 0 Å². The standard InChI is InChI=1S/C8H14BrNO2/c9-5-2-7(11)10-6-8(12)3-1-4-8/h12H,1-6H2,(H,10,11). The van der Waals surface area contributed by atoms with Gasteiger partial charge in [-0.05, 0) is 19.3 Å². The molecule has 0 aromatic heterocycles. The molecule has 70 valence electrons. The van der Waals surface area contributed by atoms with Crippen LogP contribution >= 0.6 is 15.9 Å². The maximum absolute atomic E-state index is 11.0. The molecular weight excluding hydrogens is 222 g/mol. The fourth-order valence-corrected chi connectivity index (χ4v) is 1.56. The lowest BCUT2D eigenvalue weighted by molar-refractivity contribution is -0.123. The highest BCUT2D eigenvalue weighted by molar-refractivity contribution is 9.09. The van der Waals surface area contributed by atoms with E-state index in [1.54, 1.807) is 0 Å². The Labute approximate surface area is 80.7 Å². The topological polar surface area (TPSA) is 49.3 Å². The third kappa shape index (κ3) is 2.75. The van der Waals surface area contributed by atoms with E-state index < -0.39 is 5.60 Å².